The Labute approximate surface area is 117 Å². The molecule has 1 aliphatic rings. The Balaban J connectivity index is 2.28. The molecule has 6 heteroatoms. The first-order chi connectivity index (χ1) is 9.02. The zero-order chi connectivity index (χ0) is 14.0. The van der Waals surface area contributed by atoms with Crippen LogP contribution >= 0.6 is 11.6 Å². The molecule has 2 rings (SSSR count). The number of nitrogens with two attached hydrogens (primary N) is 1. The van der Waals surface area contributed by atoms with Gasteiger partial charge in [0.15, 0.2) is 0 Å². The maximum Gasteiger partial charge on any atom is 0.271 e. The van der Waals surface area contributed by atoms with E-state index in [9.17, 15) is 10.1 Å². The van der Waals surface area contributed by atoms with Crippen molar-refractivity contribution in [3.8, 4) is 0 Å². The predicted molar refractivity (Wildman–Crippen MR) is 76.7 cm³/mol. The summed E-state index contributed by atoms with van der Waals surface area (Å²) in [5.74, 6) is 0.654. The summed E-state index contributed by atoms with van der Waals surface area (Å²) in [7, 11) is 0. The smallest absolute Gasteiger partial charge is 0.271 e. The van der Waals surface area contributed by atoms with Gasteiger partial charge in [0.25, 0.3) is 5.69 Å². The highest BCUT2D eigenvalue weighted by molar-refractivity contribution is 6.33. The third-order valence-electron chi connectivity index (χ3n) is 3.70. The molecule has 104 valence electrons. The van der Waals surface area contributed by atoms with Gasteiger partial charge in [-0.1, -0.05) is 18.5 Å². The number of nitro benzene ring substituents is 1. The van der Waals surface area contributed by atoms with Gasteiger partial charge in [0.2, 0.25) is 0 Å². The third-order valence-corrected chi connectivity index (χ3v) is 4.00. The quantitative estimate of drug-likeness (QED) is 0.684. The van der Waals surface area contributed by atoms with E-state index in [4.69, 9.17) is 17.3 Å². The van der Waals surface area contributed by atoms with Gasteiger partial charge < -0.3 is 10.6 Å². The van der Waals surface area contributed by atoms with E-state index in [2.05, 4.69) is 11.8 Å². The Morgan fingerprint density at radius 1 is 1.58 bits per heavy atom. The molecule has 1 aromatic rings. The minimum absolute atomic E-state index is 0.0171. The average molecular weight is 284 g/mol. The maximum absolute atomic E-state index is 10.7. The number of nitro groups is 1. The first-order valence-electron chi connectivity index (χ1n) is 6.43. The fourth-order valence-corrected chi connectivity index (χ4v) is 2.92. The molecule has 0 aromatic heterocycles. The molecule has 0 aliphatic carbocycles. The van der Waals surface area contributed by atoms with Gasteiger partial charge in [-0.15, -0.1) is 0 Å². The van der Waals surface area contributed by atoms with Crippen molar-refractivity contribution in [2.45, 2.75) is 25.8 Å². The number of piperidine rings is 1. The van der Waals surface area contributed by atoms with Crippen molar-refractivity contribution in [1.29, 1.82) is 0 Å². The number of non-ortho nitro benzene ring substituents is 1. The number of hydrogen-bond acceptors (Lipinski definition) is 4. The lowest BCUT2D eigenvalue weighted by molar-refractivity contribution is -0.384. The van der Waals surface area contributed by atoms with Gasteiger partial charge in [0.05, 0.1) is 15.6 Å². The molecule has 0 radical (unpaired) electrons. The summed E-state index contributed by atoms with van der Waals surface area (Å²) in [6.07, 6.45) is 2.12. The van der Waals surface area contributed by atoms with Crippen LogP contribution in [-0.2, 0) is 0 Å². The lowest BCUT2D eigenvalue weighted by Gasteiger charge is -2.40. The van der Waals surface area contributed by atoms with Gasteiger partial charge in [-0.05, 0) is 24.8 Å². The molecule has 2 N–H and O–H groups in total. The van der Waals surface area contributed by atoms with E-state index < -0.39 is 4.92 Å². The van der Waals surface area contributed by atoms with Crippen LogP contribution in [0.4, 0.5) is 11.4 Å². The molecule has 2 atom stereocenters. The second-order valence-corrected chi connectivity index (χ2v) is 5.51. The van der Waals surface area contributed by atoms with E-state index in [-0.39, 0.29) is 11.7 Å². The highest BCUT2D eigenvalue weighted by atomic mass is 35.5. The summed E-state index contributed by atoms with van der Waals surface area (Å²) in [6.45, 7) is 3.68. The first kappa shape index (κ1) is 14.1. The Hall–Kier alpha value is -1.33. The Bertz CT molecular complexity index is 481. The van der Waals surface area contributed by atoms with Crippen molar-refractivity contribution in [1.82, 2.24) is 0 Å². The van der Waals surface area contributed by atoms with Crippen molar-refractivity contribution in [2.24, 2.45) is 11.7 Å². The highest BCUT2D eigenvalue weighted by Crippen LogP contribution is 2.34. The lowest BCUT2D eigenvalue weighted by Crippen LogP contribution is -2.46. The Kier molecular flexibility index (Phi) is 4.27. The topological polar surface area (TPSA) is 72.4 Å². The summed E-state index contributed by atoms with van der Waals surface area (Å²) in [5.41, 5.74) is 6.69. The standard InChI is InChI=1S/C13H18ClN3O2/c1-9-4-5-16(11(6-9)8-15)13-3-2-10(17(18)19)7-12(13)14/h2-3,7,9,11H,4-6,8,15H2,1H3. The largest absolute Gasteiger partial charge is 0.366 e. The molecule has 1 heterocycles. The zero-order valence-corrected chi connectivity index (χ0v) is 11.6. The maximum atomic E-state index is 10.7. The van der Waals surface area contributed by atoms with E-state index in [0.717, 1.165) is 25.1 Å². The average Bonchev–Trinajstić information content (AvgIpc) is 2.38. The fourth-order valence-electron chi connectivity index (χ4n) is 2.63. The number of halogens is 1. The summed E-state index contributed by atoms with van der Waals surface area (Å²) in [4.78, 5) is 12.5. The van der Waals surface area contributed by atoms with Crippen LogP contribution in [0.1, 0.15) is 19.8 Å². The lowest BCUT2D eigenvalue weighted by atomic mass is 9.92. The molecule has 1 aromatic carbocycles. The van der Waals surface area contributed by atoms with Gasteiger partial charge in [0, 0.05) is 31.3 Å². The number of anilines is 1. The van der Waals surface area contributed by atoms with Crippen molar-refractivity contribution >= 4 is 23.0 Å². The van der Waals surface area contributed by atoms with Crippen LogP contribution in [0.5, 0.6) is 0 Å². The minimum atomic E-state index is -0.436. The van der Waals surface area contributed by atoms with E-state index in [1.807, 2.05) is 0 Å². The van der Waals surface area contributed by atoms with E-state index in [1.54, 1.807) is 6.07 Å². The van der Waals surface area contributed by atoms with E-state index in [0.29, 0.717) is 17.5 Å². The number of rotatable bonds is 3. The number of hydrogen-bond donors (Lipinski definition) is 1. The predicted octanol–water partition coefficient (Wildman–Crippen LogP) is 2.81. The third kappa shape index (κ3) is 2.98. The van der Waals surface area contributed by atoms with E-state index >= 15 is 0 Å². The summed E-state index contributed by atoms with van der Waals surface area (Å²) in [5, 5.41) is 11.1. The minimum Gasteiger partial charge on any atom is -0.366 e. The number of benzene rings is 1. The zero-order valence-electron chi connectivity index (χ0n) is 10.9. The SMILES string of the molecule is CC1CCN(c2ccc([N+](=O)[O-])cc2Cl)C(CN)C1. The second kappa shape index (κ2) is 5.75. The molecule has 0 bridgehead atoms. The molecule has 19 heavy (non-hydrogen) atoms. The van der Waals surface area contributed by atoms with Crippen molar-refractivity contribution in [3.63, 3.8) is 0 Å². The fraction of sp³-hybridized carbons (Fsp3) is 0.538. The van der Waals surface area contributed by atoms with Crippen LogP contribution in [0.2, 0.25) is 5.02 Å². The van der Waals surface area contributed by atoms with Gasteiger partial charge in [-0.3, -0.25) is 10.1 Å². The molecule has 0 amide bonds. The summed E-state index contributed by atoms with van der Waals surface area (Å²) >= 11 is 6.18. The van der Waals surface area contributed by atoms with E-state index in [1.165, 1.54) is 12.1 Å². The van der Waals surface area contributed by atoms with Crippen molar-refractivity contribution in [3.05, 3.63) is 33.3 Å². The molecular weight excluding hydrogens is 266 g/mol. The van der Waals surface area contributed by atoms with Crippen LogP contribution in [0, 0.1) is 16.0 Å². The Morgan fingerprint density at radius 3 is 2.89 bits per heavy atom. The summed E-state index contributed by atoms with van der Waals surface area (Å²) < 4.78 is 0. The van der Waals surface area contributed by atoms with Crippen LogP contribution in [-0.4, -0.2) is 24.1 Å². The van der Waals surface area contributed by atoms with Gasteiger partial charge in [-0.2, -0.15) is 0 Å². The van der Waals surface area contributed by atoms with Crippen LogP contribution in [0.25, 0.3) is 0 Å². The van der Waals surface area contributed by atoms with Crippen LogP contribution < -0.4 is 10.6 Å². The van der Waals surface area contributed by atoms with Crippen LogP contribution in [0.15, 0.2) is 18.2 Å². The normalized spacial score (nSPS) is 23.4. The molecule has 0 spiro atoms. The van der Waals surface area contributed by atoms with Crippen molar-refractivity contribution in [2.75, 3.05) is 18.0 Å². The second-order valence-electron chi connectivity index (χ2n) is 5.11. The molecule has 0 saturated carbocycles. The molecule has 2 unspecified atom stereocenters. The molecule has 1 saturated heterocycles. The van der Waals surface area contributed by atoms with Gasteiger partial charge in [-0.25, -0.2) is 0 Å². The molecule has 1 fully saturated rings. The first-order valence-corrected chi connectivity index (χ1v) is 6.81. The Morgan fingerprint density at radius 2 is 2.32 bits per heavy atom. The number of nitrogens with zero attached hydrogens (tertiary/aromatic N) is 2. The van der Waals surface area contributed by atoms with Crippen LogP contribution in [0.3, 0.4) is 0 Å². The van der Waals surface area contributed by atoms with Crippen molar-refractivity contribution < 1.29 is 4.92 Å². The molecule has 5 nitrogen and oxygen atoms in total. The highest BCUT2D eigenvalue weighted by Gasteiger charge is 2.27. The molecule has 1 aliphatic heterocycles. The monoisotopic (exact) mass is 283 g/mol. The summed E-state index contributed by atoms with van der Waals surface area (Å²) in [6, 6.07) is 4.87. The van der Waals surface area contributed by atoms with Gasteiger partial charge >= 0.3 is 0 Å². The molecular formula is C13H18ClN3O2. The van der Waals surface area contributed by atoms with Gasteiger partial charge in [0.1, 0.15) is 0 Å².